The highest BCUT2D eigenvalue weighted by Gasteiger charge is 2.16. The molecular weight excluding hydrogens is 383 g/mol. The SMILES string of the molecule is Cc1cc(OC(F)F)cc2c1cc(Cc1c(Cl)ccc(C=O)c1Cl)n2C. The highest BCUT2D eigenvalue weighted by Crippen LogP contribution is 2.33. The third kappa shape index (κ3) is 3.41. The van der Waals surface area contributed by atoms with Gasteiger partial charge in [-0.25, -0.2) is 0 Å². The molecule has 26 heavy (non-hydrogen) atoms. The third-order valence-electron chi connectivity index (χ3n) is 4.37. The molecule has 0 amide bonds. The summed E-state index contributed by atoms with van der Waals surface area (Å²) in [6, 6.07) is 8.31. The normalized spacial score (nSPS) is 11.3. The van der Waals surface area contributed by atoms with Gasteiger partial charge < -0.3 is 9.30 Å². The molecule has 3 rings (SSSR count). The molecule has 0 fully saturated rings. The second-order valence-corrected chi connectivity index (χ2v) is 6.76. The molecule has 0 atom stereocenters. The quantitative estimate of drug-likeness (QED) is 0.509. The maximum absolute atomic E-state index is 12.5. The van der Waals surface area contributed by atoms with Gasteiger partial charge in [0.05, 0.1) is 10.5 Å². The minimum absolute atomic E-state index is 0.108. The maximum atomic E-state index is 12.5. The molecule has 0 spiro atoms. The second kappa shape index (κ2) is 7.25. The summed E-state index contributed by atoms with van der Waals surface area (Å²) < 4.78 is 31.4. The Morgan fingerprint density at radius 2 is 1.96 bits per heavy atom. The Labute approximate surface area is 159 Å². The van der Waals surface area contributed by atoms with E-state index in [1.54, 1.807) is 24.3 Å². The lowest BCUT2D eigenvalue weighted by molar-refractivity contribution is -0.0497. The summed E-state index contributed by atoms with van der Waals surface area (Å²) >= 11 is 12.6. The number of rotatable bonds is 5. The van der Waals surface area contributed by atoms with Crippen molar-refractivity contribution in [3.8, 4) is 5.75 Å². The largest absolute Gasteiger partial charge is 0.435 e. The van der Waals surface area contributed by atoms with Gasteiger partial charge in [-0.05, 0) is 42.3 Å². The molecule has 0 aliphatic heterocycles. The number of ether oxygens (including phenoxy) is 1. The van der Waals surface area contributed by atoms with Gasteiger partial charge in [0.25, 0.3) is 0 Å². The highest BCUT2D eigenvalue weighted by atomic mass is 35.5. The Morgan fingerprint density at radius 3 is 2.62 bits per heavy atom. The predicted octanol–water partition coefficient (Wildman–Crippen LogP) is 5.80. The van der Waals surface area contributed by atoms with Gasteiger partial charge in [0.1, 0.15) is 5.75 Å². The highest BCUT2D eigenvalue weighted by molar-refractivity contribution is 6.37. The number of hydrogen-bond donors (Lipinski definition) is 0. The van der Waals surface area contributed by atoms with Crippen LogP contribution >= 0.6 is 23.2 Å². The van der Waals surface area contributed by atoms with Crippen molar-refractivity contribution in [1.82, 2.24) is 4.57 Å². The zero-order valence-corrected chi connectivity index (χ0v) is 15.5. The van der Waals surface area contributed by atoms with E-state index in [-0.39, 0.29) is 5.75 Å². The average Bonchev–Trinajstić information content (AvgIpc) is 2.88. The number of nitrogens with zero attached hydrogens (tertiary/aromatic N) is 1. The zero-order chi connectivity index (χ0) is 19.0. The van der Waals surface area contributed by atoms with Crippen molar-refractivity contribution in [1.29, 1.82) is 0 Å². The number of benzene rings is 2. The van der Waals surface area contributed by atoms with Gasteiger partial charge in [0.15, 0.2) is 6.29 Å². The molecule has 1 heterocycles. The molecule has 0 saturated heterocycles. The van der Waals surface area contributed by atoms with Crippen molar-refractivity contribution >= 4 is 40.4 Å². The molecule has 0 unspecified atom stereocenters. The molecule has 0 aliphatic rings. The molecule has 136 valence electrons. The van der Waals surface area contributed by atoms with E-state index in [1.807, 2.05) is 24.6 Å². The van der Waals surface area contributed by atoms with Gasteiger partial charge >= 0.3 is 6.61 Å². The Balaban J connectivity index is 2.09. The molecule has 0 N–H and O–H groups in total. The van der Waals surface area contributed by atoms with Crippen LogP contribution < -0.4 is 4.74 Å². The first kappa shape index (κ1) is 18.7. The molecule has 0 radical (unpaired) electrons. The van der Waals surface area contributed by atoms with Crippen LogP contribution in [0.5, 0.6) is 5.75 Å². The Morgan fingerprint density at radius 1 is 1.23 bits per heavy atom. The third-order valence-corrected chi connectivity index (χ3v) is 5.17. The summed E-state index contributed by atoms with van der Waals surface area (Å²) in [6.07, 6.45) is 1.08. The monoisotopic (exact) mass is 397 g/mol. The lowest BCUT2D eigenvalue weighted by Gasteiger charge is -2.10. The van der Waals surface area contributed by atoms with Gasteiger partial charge in [-0.1, -0.05) is 23.2 Å². The lowest BCUT2D eigenvalue weighted by Crippen LogP contribution is -2.03. The average molecular weight is 398 g/mol. The standard InChI is InChI=1S/C19H15Cl2F2NO2/c1-10-5-13(26-19(22)23)8-17-14(10)6-12(24(17)2)7-15-16(20)4-3-11(9-25)18(15)21/h3-6,8-9,19H,7H2,1-2H3. The van der Waals surface area contributed by atoms with Crippen LogP contribution in [-0.4, -0.2) is 17.5 Å². The molecule has 3 aromatic rings. The van der Waals surface area contributed by atoms with E-state index in [0.29, 0.717) is 33.9 Å². The molecule has 0 saturated carbocycles. The van der Waals surface area contributed by atoms with Crippen molar-refractivity contribution in [2.75, 3.05) is 0 Å². The number of aryl methyl sites for hydroxylation is 2. The van der Waals surface area contributed by atoms with Crippen LogP contribution in [0.15, 0.2) is 30.3 Å². The van der Waals surface area contributed by atoms with E-state index in [2.05, 4.69) is 4.74 Å². The van der Waals surface area contributed by atoms with Crippen molar-refractivity contribution in [2.45, 2.75) is 20.0 Å². The number of fused-ring (bicyclic) bond motifs is 1. The fourth-order valence-corrected chi connectivity index (χ4v) is 3.57. The second-order valence-electron chi connectivity index (χ2n) is 5.97. The maximum Gasteiger partial charge on any atom is 0.387 e. The van der Waals surface area contributed by atoms with Crippen LogP contribution in [0.2, 0.25) is 10.0 Å². The molecule has 0 aliphatic carbocycles. The number of carbonyl (C=O) groups is 1. The zero-order valence-electron chi connectivity index (χ0n) is 14.0. The summed E-state index contributed by atoms with van der Waals surface area (Å²) in [7, 11) is 1.83. The van der Waals surface area contributed by atoms with Crippen LogP contribution in [0.1, 0.15) is 27.2 Å². The van der Waals surface area contributed by atoms with Crippen LogP contribution in [-0.2, 0) is 13.5 Å². The van der Waals surface area contributed by atoms with E-state index in [9.17, 15) is 13.6 Å². The summed E-state index contributed by atoms with van der Waals surface area (Å²) in [5, 5.41) is 1.70. The van der Waals surface area contributed by atoms with E-state index in [1.165, 1.54) is 0 Å². The number of halogens is 4. The van der Waals surface area contributed by atoms with Gasteiger partial charge in [0.2, 0.25) is 0 Å². The Hall–Kier alpha value is -2.11. The minimum atomic E-state index is -2.88. The summed E-state index contributed by atoms with van der Waals surface area (Å²) in [4.78, 5) is 11.1. The van der Waals surface area contributed by atoms with E-state index in [4.69, 9.17) is 23.2 Å². The topological polar surface area (TPSA) is 31.2 Å². The molecule has 1 aromatic heterocycles. The summed E-state index contributed by atoms with van der Waals surface area (Å²) in [5.41, 5.74) is 3.47. The van der Waals surface area contributed by atoms with E-state index >= 15 is 0 Å². The number of aromatic nitrogens is 1. The summed E-state index contributed by atoms with van der Waals surface area (Å²) in [6.45, 7) is -1.05. The number of carbonyl (C=O) groups excluding carboxylic acids is 1. The smallest absolute Gasteiger partial charge is 0.387 e. The van der Waals surface area contributed by atoms with E-state index < -0.39 is 6.61 Å². The predicted molar refractivity (Wildman–Crippen MR) is 98.9 cm³/mol. The number of aldehydes is 1. The van der Waals surface area contributed by atoms with Gasteiger partial charge in [-0.3, -0.25) is 4.79 Å². The fourth-order valence-electron chi connectivity index (χ4n) is 3.02. The van der Waals surface area contributed by atoms with Crippen molar-refractivity contribution < 1.29 is 18.3 Å². The molecule has 2 aromatic carbocycles. The molecule has 0 bridgehead atoms. The van der Waals surface area contributed by atoms with Crippen molar-refractivity contribution in [3.63, 3.8) is 0 Å². The van der Waals surface area contributed by atoms with Gasteiger partial charge in [-0.15, -0.1) is 0 Å². The molecular formula is C19H15Cl2F2NO2. The van der Waals surface area contributed by atoms with E-state index in [0.717, 1.165) is 22.2 Å². The number of hydrogen-bond acceptors (Lipinski definition) is 2. The first-order valence-electron chi connectivity index (χ1n) is 7.77. The number of alkyl halides is 2. The lowest BCUT2D eigenvalue weighted by atomic mass is 10.1. The fraction of sp³-hybridized carbons (Fsp3) is 0.211. The van der Waals surface area contributed by atoms with Crippen LogP contribution in [0.4, 0.5) is 8.78 Å². The van der Waals surface area contributed by atoms with Crippen molar-refractivity contribution in [3.05, 3.63) is 62.8 Å². The Kier molecular flexibility index (Phi) is 5.21. The van der Waals surface area contributed by atoms with Gasteiger partial charge in [-0.2, -0.15) is 8.78 Å². The Bertz CT molecular complexity index is 999. The van der Waals surface area contributed by atoms with Crippen LogP contribution in [0, 0.1) is 6.92 Å². The first-order valence-corrected chi connectivity index (χ1v) is 8.53. The molecule has 3 nitrogen and oxygen atoms in total. The minimum Gasteiger partial charge on any atom is -0.435 e. The van der Waals surface area contributed by atoms with Crippen molar-refractivity contribution in [2.24, 2.45) is 7.05 Å². The summed E-state index contributed by atoms with van der Waals surface area (Å²) in [5.74, 6) is 0.108. The molecule has 7 heteroatoms. The van der Waals surface area contributed by atoms with Crippen LogP contribution in [0.3, 0.4) is 0 Å². The van der Waals surface area contributed by atoms with Gasteiger partial charge in [0, 0.05) is 41.2 Å². The first-order chi connectivity index (χ1) is 12.3. The van der Waals surface area contributed by atoms with Crippen LogP contribution in [0.25, 0.3) is 10.9 Å².